The van der Waals surface area contributed by atoms with Gasteiger partial charge in [0, 0.05) is 17.8 Å². The molecule has 2 atom stereocenters. The molecule has 40 heavy (non-hydrogen) atoms. The molecule has 2 fully saturated rings. The molecule has 6 rings (SSSR count). The Labute approximate surface area is 233 Å². The Balaban J connectivity index is 1.45. The summed E-state index contributed by atoms with van der Waals surface area (Å²) in [5.74, 6) is 0.214. The van der Waals surface area contributed by atoms with Gasteiger partial charge in [-0.2, -0.15) is 4.58 Å². The third kappa shape index (κ3) is 4.98. The van der Waals surface area contributed by atoms with Crippen LogP contribution < -0.4 is 4.72 Å². The van der Waals surface area contributed by atoms with Crippen molar-refractivity contribution in [3.05, 3.63) is 23.5 Å². The van der Waals surface area contributed by atoms with Crippen LogP contribution in [0.2, 0.25) is 0 Å². The number of nitrogens with zero attached hydrogens (tertiary/aromatic N) is 6. The van der Waals surface area contributed by atoms with Crippen molar-refractivity contribution in [1.82, 2.24) is 29.2 Å². The zero-order valence-electron chi connectivity index (χ0n) is 22.5. The Bertz CT molecular complexity index is 1640. The zero-order valence-corrected chi connectivity index (χ0v) is 24.1. The Morgan fingerprint density at radius 1 is 1.27 bits per heavy atom. The van der Waals surface area contributed by atoms with Crippen LogP contribution in [0.1, 0.15) is 64.8 Å². The molecule has 1 aliphatic carbocycles. The number of amides is 1. The van der Waals surface area contributed by atoms with Crippen molar-refractivity contribution in [2.45, 2.75) is 87.9 Å². The largest absolute Gasteiger partial charge is 0.444 e. The molecule has 11 nitrogen and oxygen atoms in total. The van der Waals surface area contributed by atoms with Gasteiger partial charge in [0.25, 0.3) is 6.43 Å². The van der Waals surface area contributed by atoms with Crippen molar-refractivity contribution in [2.24, 2.45) is 0 Å². The number of ether oxygens (including phenoxy) is 1. The third-order valence-corrected chi connectivity index (χ3v) is 9.86. The van der Waals surface area contributed by atoms with Gasteiger partial charge in [0.2, 0.25) is 15.7 Å². The first kappa shape index (κ1) is 27.1. The normalized spacial score (nSPS) is 22.2. The van der Waals surface area contributed by atoms with E-state index in [1.54, 1.807) is 21.6 Å². The smallest absolute Gasteiger partial charge is 0.411 e. The number of halogens is 2. The standard InChI is InChI=1S/C25H30F2N7O4S2/c1-24(2,3)38-23(35)34-14-5-6-15(34)12-32(11-14)17-9-16(40(36,37)31-25(4)7-8-25)13-33-18(17)10-28-20(33)22-30-29-21(39-22)19(26)27/h9-11,13-15,19,31H,5-8,12H2,1-4H3/q+1. The van der Waals surface area contributed by atoms with Crippen LogP contribution in [0, 0.1) is 0 Å². The molecule has 1 saturated carbocycles. The molecular formula is C25H30F2N7O4S2+. The SMILES string of the molecule is CC1(NS(=O)(=O)c2cc([N+]3=CC4CCC(C3)N4C(=O)OC(C)(C)C)c3cnc(-c4nnc(C(F)F)s4)n3c2)CC1. The van der Waals surface area contributed by atoms with E-state index in [9.17, 15) is 22.0 Å². The molecule has 3 aliphatic rings. The van der Waals surface area contributed by atoms with Crippen molar-refractivity contribution in [3.63, 3.8) is 0 Å². The summed E-state index contributed by atoms with van der Waals surface area (Å²) in [6, 6.07) is 1.24. The van der Waals surface area contributed by atoms with E-state index in [4.69, 9.17) is 4.74 Å². The van der Waals surface area contributed by atoms with Crippen molar-refractivity contribution < 1.29 is 31.3 Å². The predicted octanol–water partition coefficient (Wildman–Crippen LogP) is 4.12. The fourth-order valence-electron chi connectivity index (χ4n) is 5.19. The quantitative estimate of drug-likeness (QED) is 0.426. The number of carbonyl (C=O) groups is 1. The molecule has 0 spiro atoms. The molecule has 1 N–H and O–H groups in total. The zero-order chi connectivity index (χ0) is 28.6. The van der Waals surface area contributed by atoms with Crippen molar-refractivity contribution >= 4 is 44.9 Å². The minimum absolute atomic E-state index is 0.0105. The summed E-state index contributed by atoms with van der Waals surface area (Å²) in [7, 11) is -3.93. The number of imidazole rings is 1. The Hall–Kier alpha value is -3.04. The molecule has 2 unspecified atom stereocenters. The number of carbonyl (C=O) groups excluding carboxylic acids is 1. The minimum atomic E-state index is -3.93. The second-order valence-electron chi connectivity index (χ2n) is 11.8. The topological polar surface area (TPSA) is 122 Å². The number of aromatic nitrogens is 4. The van der Waals surface area contributed by atoms with Gasteiger partial charge in [-0.3, -0.25) is 9.30 Å². The Morgan fingerprint density at radius 3 is 2.65 bits per heavy atom. The number of fused-ring (bicyclic) bond motifs is 3. The summed E-state index contributed by atoms with van der Waals surface area (Å²) >= 11 is 0.707. The van der Waals surface area contributed by atoms with E-state index in [0.29, 0.717) is 29.1 Å². The minimum Gasteiger partial charge on any atom is -0.444 e. The number of rotatable bonds is 6. The molecule has 3 aromatic rings. The lowest BCUT2D eigenvalue weighted by molar-refractivity contribution is -0.448. The van der Waals surface area contributed by atoms with Crippen LogP contribution in [0.15, 0.2) is 23.4 Å². The summed E-state index contributed by atoms with van der Waals surface area (Å²) in [6.07, 6.45) is 4.76. The highest BCUT2D eigenvalue weighted by Crippen LogP contribution is 2.38. The van der Waals surface area contributed by atoms with Crippen molar-refractivity contribution in [2.75, 3.05) is 6.54 Å². The lowest BCUT2D eigenvalue weighted by Gasteiger charge is -2.32. The monoisotopic (exact) mass is 594 g/mol. The molecule has 15 heteroatoms. The highest BCUT2D eigenvalue weighted by molar-refractivity contribution is 7.89. The van der Waals surface area contributed by atoms with Gasteiger partial charge in [-0.1, -0.05) is 11.3 Å². The summed E-state index contributed by atoms with van der Waals surface area (Å²) in [6.45, 7) is 7.75. The van der Waals surface area contributed by atoms with Gasteiger partial charge in [0.15, 0.2) is 28.6 Å². The van der Waals surface area contributed by atoms with Gasteiger partial charge in [-0.15, -0.1) is 10.2 Å². The summed E-state index contributed by atoms with van der Waals surface area (Å²) in [5, 5.41) is 7.16. The molecule has 5 heterocycles. The van der Waals surface area contributed by atoms with Gasteiger partial charge in [0.1, 0.15) is 22.1 Å². The van der Waals surface area contributed by atoms with Gasteiger partial charge in [0.05, 0.1) is 12.2 Å². The van der Waals surface area contributed by atoms with Crippen molar-refractivity contribution in [3.8, 4) is 10.8 Å². The van der Waals surface area contributed by atoms with Crippen LogP contribution in [-0.4, -0.2) is 79.6 Å². The number of hydrogen-bond donors (Lipinski definition) is 1. The van der Waals surface area contributed by atoms with Crippen LogP contribution >= 0.6 is 11.3 Å². The first-order valence-electron chi connectivity index (χ1n) is 13.0. The highest BCUT2D eigenvalue weighted by atomic mass is 32.2. The molecule has 3 aromatic heterocycles. The van der Waals surface area contributed by atoms with Crippen LogP contribution in [-0.2, 0) is 14.8 Å². The maximum Gasteiger partial charge on any atom is 0.411 e. The van der Waals surface area contributed by atoms with Crippen LogP contribution in [0.5, 0.6) is 0 Å². The summed E-state index contributed by atoms with van der Waals surface area (Å²) in [5.41, 5.74) is 0.0153. The number of hydrogen-bond acceptors (Lipinski definition) is 8. The van der Waals surface area contributed by atoms with E-state index in [1.807, 2.05) is 38.5 Å². The van der Waals surface area contributed by atoms with E-state index in [0.717, 1.165) is 25.7 Å². The second-order valence-corrected chi connectivity index (χ2v) is 14.5. The fraction of sp³-hybridized carbons (Fsp3) is 0.560. The second kappa shape index (κ2) is 9.24. The average Bonchev–Trinajstić information content (AvgIpc) is 3.20. The molecular weight excluding hydrogens is 564 g/mol. The number of pyridine rings is 1. The Morgan fingerprint density at radius 2 is 2.02 bits per heavy atom. The molecule has 0 aromatic carbocycles. The van der Waals surface area contributed by atoms with E-state index >= 15 is 0 Å². The number of sulfonamides is 1. The number of nitrogens with one attached hydrogen (secondary N) is 1. The van der Waals surface area contributed by atoms with Crippen LogP contribution in [0.3, 0.4) is 0 Å². The van der Waals surface area contributed by atoms with Gasteiger partial charge in [-0.05, 0) is 53.4 Å². The fourth-order valence-corrected chi connectivity index (χ4v) is 7.36. The van der Waals surface area contributed by atoms with Gasteiger partial charge in [-0.25, -0.2) is 31.7 Å². The van der Waals surface area contributed by atoms with Gasteiger partial charge < -0.3 is 4.74 Å². The molecule has 1 saturated heterocycles. The average molecular weight is 595 g/mol. The summed E-state index contributed by atoms with van der Waals surface area (Å²) < 4.78 is 65.3. The molecule has 2 aliphatic heterocycles. The van der Waals surface area contributed by atoms with E-state index in [-0.39, 0.29) is 33.9 Å². The molecule has 214 valence electrons. The Kier molecular flexibility index (Phi) is 6.27. The van der Waals surface area contributed by atoms with Gasteiger partial charge >= 0.3 is 6.09 Å². The van der Waals surface area contributed by atoms with E-state index < -0.39 is 32.6 Å². The maximum absolute atomic E-state index is 13.5. The molecule has 2 bridgehead atoms. The summed E-state index contributed by atoms with van der Waals surface area (Å²) in [4.78, 5) is 19.2. The van der Waals surface area contributed by atoms with E-state index in [1.165, 1.54) is 6.20 Å². The lowest BCUT2D eigenvalue weighted by Crippen LogP contribution is -2.51. The van der Waals surface area contributed by atoms with Crippen LogP contribution in [0.4, 0.5) is 19.3 Å². The number of alkyl halides is 2. The molecule has 1 amide bonds. The first-order chi connectivity index (χ1) is 18.7. The lowest BCUT2D eigenvalue weighted by atomic mass is 10.2. The third-order valence-electron chi connectivity index (χ3n) is 7.32. The van der Waals surface area contributed by atoms with Crippen LogP contribution in [0.25, 0.3) is 16.3 Å². The molecule has 0 radical (unpaired) electrons. The highest BCUT2D eigenvalue weighted by Gasteiger charge is 2.47. The maximum atomic E-state index is 13.5. The predicted molar refractivity (Wildman–Crippen MR) is 143 cm³/mol. The van der Waals surface area contributed by atoms with Crippen molar-refractivity contribution in [1.29, 1.82) is 0 Å². The first-order valence-corrected chi connectivity index (χ1v) is 15.3. The van der Waals surface area contributed by atoms with E-state index in [2.05, 4.69) is 19.9 Å².